The molecule has 2 aromatic heterocycles. The van der Waals surface area contributed by atoms with Crippen LogP contribution >= 0.6 is 11.3 Å². The van der Waals surface area contributed by atoms with E-state index in [0.717, 1.165) is 43.6 Å². The van der Waals surface area contributed by atoms with E-state index >= 15 is 0 Å². The average Bonchev–Trinajstić information content (AvgIpc) is 3.09. The third-order valence-electron chi connectivity index (χ3n) is 3.99. The lowest BCUT2D eigenvalue weighted by atomic mass is 9.91. The van der Waals surface area contributed by atoms with Gasteiger partial charge in [0.05, 0.1) is 12.1 Å². The van der Waals surface area contributed by atoms with Gasteiger partial charge in [-0.15, -0.1) is 0 Å². The number of thiophene rings is 1. The van der Waals surface area contributed by atoms with Crippen LogP contribution in [0.3, 0.4) is 0 Å². The van der Waals surface area contributed by atoms with Crippen molar-refractivity contribution in [3.05, 3.63) is 22.7 Å². The lowest BCUT2D eigenvalue weighted by Crippen LogP contribution is -2.38. The quantitative estimate of drug-likeness (QED) is 0.937. The molecule has 0 spiro atoms. The highest BCUT2D eigenvalue weighted by Crippen LogP contribution is 2.23. The van der Waals surface area contributed by atoms with Gasteiger partial charge >= 0.3 is 0 Å². The summed E-state index contributed by atoms with van der Waals surface area (Å²) in [6, 6.07) is 2.96. The minimum atomic E-state index is 0.384. The molecule has 0 radical (unpaired) electrons. The normalized spacial score (nSPS) is 23.4. The number of hydrogen-bond donors (Lipinski definition) is 1. The molecule has 0 aromatic carbocycles. The van der Waals surface area contributed by atoms with Crippen LogP contribution < -0.4 is 5.73 Å². The van der Waals surface area contributed by atoms with E-state index in [2.05, 4.69) is 22.1 Å². The second-order valence-electron chi connectivity index (χ2n) is 5.51. The molecule has 0 saturated heterocycles. The minimum absolute atomic E-state index is 0.384. The van der Waals surface area contributed by atoms with Crippen molar-refractivity contribution in [1.29, 1.82) is 0 Å². The Morgan fingerprint density at radius 2 is 2.20 bits per heavy atom. The zero-order valence-corrected chi connectivity index (χ0v) is 12.5. The first-order chi connectivity index (χ1) is 9.72. The molecule has 1 saturated carbocycles. The van der Waals surface area contributed by atoms with Gasteiger partial charge < -0.3 is 10.3 Å². The Morgan fingerprint density at radius 3 is 2.90 bits per heavy atom. The summed E-state index contributed by atoms with van der Waals surface area (Å²) >= 11 is 1.63. The maximum Gasteiger partial charge on any atom is 0.258 e. The fraction of sp³-hybridized carbons (Fsp3) is 0.571. The smallest absolute Gasteiger partial charge is 0.258 e. The predicted octanol–water partition coefficient (Wildman–Crippen LogP) is 2.50. The molecule has 1 aliphatic rings. The second kappa shape index (κ2) is 6.03. The molecule has 20 heavy (non-hydrogen) atoms. The van der Waals surface area contributed by atoms with Crippen molar-refractivity contribution in [2.75, 3.05) is 7.05 Å². The van der Waals surface area contributed by atoms with Crippen LogP contribution in [-0.4, -0.2) is 34.2 Å². The third-order valence-corrected chi connectivity index (χ3v) is 4.67. The van der Waals surface area contributed by atoms with Gasteiger partial charge in [0.25, 0.3) is 5.89 Å². The predicted molar refractivity (Wildman–Crippen MR) is 79.3 cm³/mol. The van der Waals surface area contributed by atoms with Gasteiger partial charge in [-0.25, -0.2) is 0 Å². The van der Waals surface area contributed by atoms with E-state index in [0.29, 0.717) is 18.0 Å². The molecule has 1 aliphatic carbocycles. The molecule has 5 nitrogen and oxygen atoms in total. The summed E-state index contributed by atoms with van der Waals surface area (Å²) in [6.07, 6.45) is 4.54. The first kappa shape index (κ1) is 13.7. The molecule has 6 heteroatoms. The van der Waals surface area contributed by atoms with E-state index < -0.39 is 0 Å². The minimum Gasteiger partial charge on any atom is -0.334 e. The molecule has 2 heterocycles. The molecule has 108 valence electrons. The highest BCUT2D eigenvalue weighted by molar-refractivity contribution is 7.08. The Hall–Kier alpha value is -1.24. The van der Waals surface area contributed by atoms with Crippen LogP contribution in [0.2, 0.25) is 0 Å². The number of rotatable bonds is 4. The Bertz CT molecular complexity index is 531. The van der Waals surface area contributed by atoms with Crippen molar-refractivity contribution >= 4 is 11.3 Å². The van der Waals surface area contributed by atoms with Crippen molar-refractivity contribution < 1.29 is 4.52 Å². The second-order valence-corrected chi connectivity index (χ2v) is 6.29. The van der Waals surface area contributed by atoms with Crippen molar-refractivity contribution in [1.82, 2.24) is 15.0 Å². The number of hydrogen-bond acceptors (Lipinski definition) is 6. The van der Waals surface area contributed by atoms with Crippen molar-refractivity contribution in [3.8, 4) is 11.5 Å². The summed E-state index contributed by atoms with van der Waals surface area (Å²) in [5, 5.41) is 8.10. The van der Waals surface area contributed by atoms with Crippen molar-refractivity contribution in [3.63, 3.8) is 0 Å². The van der Waals surface area contributed by atoms with Crippen LogP contribution in [0.1, 0.15) is 31.5 Å². The van der Waals surface area contributed by atoms with E-state index in [4.69, 9.17) is 10.3 Å². The monoisotopic (exact) mass is 292 g/mol. The van der Waals surface area contributed by atoms with Gasteiger partial charge in [-0.1, -0.05) is 5.16 Å². The Labute approximate surface area is 122 Å². The van der Waals surface area contributed by atoms with Crippen molar-refractivity contribution in [2.45, 2.75) is 44.3 Å². The van der Waals surface area contributed by atoms with Crippen LogP contribution in [0.5, 0.6) is 0 Å². The molecule has 0 atom stereocenters. The molecular weight excluding hydrogens is 272 g/mol. The van der Waals surface area contributed by atoms with Gasteiger partial charge in [-0.2, -0.15) is 16.3 Å². The molecule has 3 rings (SSSR count). The van der Waals surface area contributed by atoms with Crippen LogP contribution in [0.25, 0.3) is 11.5 Å². The summed E-state index contributed by atoms with van der Waals surface area (Å²) in [5.74, 6) is 1.36. The summed E-state index contributed by atoms with van der Waals surface area (Å²) in [6.45, 7) is 0.730. The summed E-state index contributed by atoms with van der Waals surface area (Å²) < 4.78 is 5.31. The van der Waals surface area contributed by atoms with E-state index in [1.165, 1.54) is 0 Å². The van der Waals surface area contributed by atoms with Crippen LogP contribution in [0, 0.1) is 0 Å². The molecule has 0 amide bonds. The molecule has 2 N–H and O–H groups in total. The number of aromatic nitrogens is 2. The van der Waals surface area contributed by atoms with Crippen LogP contribution in [-0.2, 0) is 6.54 Å². The SMILES string of the molecule is CN(Cc1noc(-c2ccsc2)n1)C1CCC(N)CC1. The van der Waals surface area contributed by atoms with Gasteiger partial charge in [-0.05, 0) is 44.2 Å². The van der Waals surface area contributed by atoms with Gasteiger partial charge in [0.2, 0.25) is 0 Å². The molecular formula is C14H20N4OS. The van der Waals surface area contributed by atoms with Crippen LogP contribution in [0.15, 0.2) is 21.3 Å². The zero-order chi connectivity index (χ0) is 13.9. The Kier molecular flexibility index (Phi) is 4.14. The average molecular weight is 292 g/mol. The Morgan fingerprint density at radius 1 is 1.40 bits per heavy atom. The first-order valence-corrected chi connectivity index (χ1v) is 7.97. The zero-order valence-electron chi connectivity index (χ0n) is 11.7. The maximum absolute atomic E-state index is 5.95. The lowest BCUT2D eigenvalue weighted by Gasteiger charge is -2.32. The van der Waals surface area contributed by atoms with Crippen LogP contribution in [0.4, 0.5) is 0 Å². The highest BCUT2D eigenvalue weighted by Gasteiger charge is 2.23. The fourth-order valence-electron chi connectivity index (χ4n) is 2.72. The molecule has 2 aromatic rings. The summed E-state index contributed by atoms with van der Waals surface area (Å²) in [7, 11) is 2.13. The molecule has 0 aliphatic heterocycles. The third kappa shape index (κ3) is 3.08. The van der Waals surface area contributed by atoms with Crippen molar-refractivity contribution in [2.24, 2.45) is 5.73 Å². The lowest BCUT2D eigenvalue weighted by molar-refractivity contribution is 0.171. The largest absolute Gasteiger partial charge is 0.334 e. The summed E-state index contributed by atoms with van der Waals surface area (Å²) in [5.41, 5.74) is 6.95. The molecule has 1 fully saturated rings. The summed E-state index contributed by atoms with van der Waals surface area (Å²) in [4.78, 5) is 6.78. The maximum atomic E-state index is 5.95. The van der Waals surface area contributed by atoms with Gasteiger partial charge in [0.1, 0.15) is 0 Å². The topological polar surface area (TPSA) is 68.2 Å². The van der Waals surface area contributed by atoms with Gasteiger partial charge in [0.15, 0.2) is 5.82 Å². The molecule has 0 unspecified atom stereocenters. The van der Waals surface area contributed by atoms with Gasteiger partial charge in [0, 0.05) is 17.5 Å². The standard InChI is InChI=1S/C14H20N4OS/c1-18(12-4-2-11(15)3-5-12)8-13-16-14(19-17-13)10-6-7-20-9-10/h6-7,9,11-12H,2-5,8,15H2,1H3. The van der Waals surface area contributed by atoms with E-state index in [1.807, 2.05) is 16.8 Å². The van der Waals surface area contributed by atoms with E-state index in [1.54, 1.807) is 11.3 Å². The molecule has 0 bridgehead atoms. The number of nitrogens with zero attached hydrogens (tertiary/aromatic N) is 3. The first-order valence-electron chi connectivity index (χ1n) is 7.03. The number of nitrogens with two attached hydrogens (primary N) is 1. The fourth-order valence-corrected chi connectivity index (χ4v) is 3.35. The Balaban J connectivity index is 1.60. The van der Waals surface area contributed by atoms with E-state index in [9.17, 15) is 0 Å². The van der Waals surface area contributed by atoms with Gasteiger partial charge in [-0.3, -0.25) is 4.90 Å². The highest BCUT2D eigenvalue weighted by atomic mass is 32.1. The van der Waals surface area contributed by atoms with E-state index in [-0.39, 0.29) is 0 Å².